The first-order valence-electron chi connectivity index (χ1n) is 4.54. The van der Waals surface area contributed by atoms with Gasteiger partial charge in [-0.15, -0.1) is 0 Å². The van der Waals surface area contributed by atoms with Crippen molar-refractivity contribution in [3.63, 3.8) is 0 Å². The molecule has 0 radical (unpaired) electrons. The number of carbonyl (C=O) groups is 1. The molecule has 1 aliphatic heterocycles. The largest absolute Gasteiger partial charge is 0.337 e. The average molecular weight is 220 g/mol. The lowest BCUT2D eigenvalue weighted by Crippen LogP contribution is -2.42. The Kier molecular flexibility index (Phi) is 3.16. The number of hydrogen-bond acceptors (Lipinski definition) is 4. The molecule has 82 valence electrons. The molecule has 1 fully saturated rings. The van der Waals surface area contributed by atoms with Gasteiger partial charge in [0.1, 0.15) is 5.75 Å². The summed E-state index contributed by atoms with van der Waals surface area (Å²) in [7, 11) is -3.23. The molecule has 0 aliphatic carbocycles. The van der Waals surface area contributed by atoms with Crippen LogP contribution in [-0.2, 0) is 14.6 Å². The smallest absolute Gasteiger partial charge is 0.238 e. The summed E-state index contributed by atoms with van der Waals surface area (Å²) in [6.07, 6.45) is 1.81. The van der Waals surface area contributed by atoms with Crippen LogP contribution in [0.15, 0.2) is 0 Å². The van der Waals surface area contributed by atoms with Gasteiger partial charge in [0.05, 0.1) is 0 Å². The number of hydrogen-bond donors (Lipinski definition) is 1. The maximum Gasteiger partial charge on any atom is 0.238 e. The van der Waals surface area contributed by atoms with Gasteiger partial charge < -0.3 is 10.6 Å². The van der Waals surface area contributed by atoms with Crippen LogP contribution in [0.5, 0.6) is 0 Å². The molecule has 0 aromatic rings. The van der Waals surface area contributed by atoms with Crippen LogP contribution in [0.2, 0.25) is 0 Å². The standard InChI is InChI=1S/C8H16N2O3S/c1-6-7(9)3-4-10(6)8(11)5-14(2,12)13/h6-7H,3-5,9H2,1-2H3. The Morgan fingerprint density at radius 1 is 1.57 bits per heavy atom. The van der Waals surface area contributed by atoms with E-state index >= 15 is 0 Å². The number of sulfone groups is 1. The quantitative estimate of drug-likeness (QED) is 0.646. The van der Waals surface area contributed by atoms with Gasteiger partial charge >= 0.3 is 0 Å². The van der Waals surface area contributed by atoms with Crippen LogP contribution in [0.3, 0.4) is 0 Å². The molecule has 1 rings (SSSR count). The molecule has 2 N–H and O–H groups in total. The molecule has 1 heterocycles. The van der Waals surface area contributed by atoms with Crippen molar-refractivity contribution in [3.8, 4) is 0 Å². The summed E-state index contributed by atoms with van der Waals surface area (Å²) in [6, 6.07) is -0.0808. The minimum Gasteiger partial charge on any atom is -0.337 e. The van der Waals surface area contributed by atoms with Gasteiger partial charge in [-0.3, -0.25) is 4.79 Å². The Morgan fingerprint density at radius 3 is 2.50 bits per heavy atom. The SMILES string of the molecule is CC1C(N)CCN1C(=O)CS(C)(=O)=O. The van der Waals surface area contributed by atoms with Gasteiger partial charge in [0.15, 0.2) is 9.84 Å². The van der Waals surface area contributed by atoms with Gasteiger partial charge in [0, 0.05) is 24.9 Å². The maximum atomic E-state index is 11.5. The lowest BCUT2D eigenvalue weighted by molar-refractivity contribution is -0.129. The monoisotopic (exact) mass is 220 g/mol. The van der Waals surface area contributed by atoms with Crippen molar-refractivity contribution in [1.82, 2.24) is 4.90 Å². The van der Waals surface area contributed by atoms with Crippen molar-refractivity contribution in [2.75, 3.05) is 18.6 Å². The van der Waals surface area contributed by atoms with E-state index in [1.54, 1.807) is 4.90 Å². The summed E-state index contributed by atoms with van der Waals surface area (Å²) < 4.78 is 21.8. The molecule has 14 heavy (non-hydrogen) atoms. The Labute approximate surface area is 84.2 Å². The highest BCUT2D eigenvalue weighted by molar-refractivity contribution is 7.91. The first-order valence-corrected chi connectivity index (χ1v) is 6.60. The Balaban J connectivity index is 2.63. The first-order chi connectivity index (χ1) is 6.31. The van der Waals surface area contributed by atoms with Crippen LogP contribution >= 0.6 is 0 Å². The summed E-state index contributed by atoms with van der Waals surface area (Å²) >= 11 is 0. The highest BCUT2D eigenvalue weighted by atomic mass is 32.2. The number of nitrogens with zero attached hydrogens (tertiary/aromatic N) is 1. The predicted molar refractivity (Wildman–Crippen MR) is 53.5 cm³/mol. The molecule has 2 unspecified atom stereocenters. The second-order valence-electron chi connectivity index (χ2n) is 3.85. The van der Waals surface area contributed by atoms with Crippen molar-refractivity contribution in [1.29, 1.82) is 0 Å². The van der Waals surface area contributed by atoms with Crippen LogP contribution in [0.1, 0.15) is 13.3 Å². The lowest BCUT2D eigenvalue weighted by Gasteiger charge is -2.22. The molecule has 0 aromatic carbocycles. The van der Waals surface area contributed by atoms with E-state index in [9.17, 15) is 13.2 Å². The number of nitrogens with two attached hydrogens (primary N) is 1. The van der Waals surface area contributed by atoms with Gasteiger partial charge in [0.25, 0.3) is 0 Å². The van der Waals surface area contributed by atoms with E-state index in [-0.39, 0.29) is 18.0 Å². The Morgan fingerprint density at radius 2 is 2.14 bits per heavy atom. The van der Waals surface area contributed by atoms with E-state index in [4.69, 9.17) is 5.73 Å². The van der Waals surface area contributed by atoms with Crippen LogP contribution in [-0.4, -0.2) is 49.9 Å². The molecule has 1 saturated heterocycles. The van der Waals surface area contributed by atoms with E-state index in [0.29, 0.717) is 6.54 Å². The Hall–Kier alpha value is -0.620. The summed E-state index contributed by atoms with van der Waals surface area (Å²) in [5.74, 6) is -0.752. The molecular formula is C8H16N2O3S. The van der Waals surface area contributed by atoms with Crippen molar-refractivity contribution in [2.45, 2.75) is 25.4 Å². The minimum absolute atomic E-state index is 0.0292. The van der Waals surface area contributed by atoms with Crippen molar-refractivity contribution >= 4 is 15.7 Å². The number of amides is 1. The second-order valence-corrected chi connectivity index (χ2v) is 5.99. The number of carbonyl (C=O) groups excluding carboxylic acids is 1. The third kappa shape index (κ3) is 2.68. The third-order valence-electron chi connectivity index (χ3n) is 2.52. The summed E-state index contributed by atoms with van der Waals surface area (Å²) in [5.41, 5.74) is 5.73. The summed E-state index contributed by atoms with van der Waals surface area (Å²) in [5, 5.41) is 0. The van der Waals surface area contributed by atoms with Gasteiger partial charge in [0.2, 0.25) is 5.91 Å². The zero-order valence-corrected chi connectivity index (χ0v) is 9.25. The van der Waals surface area contributed by atoms with Crippen molar-refractivity contribution in [3.05, 3.63) is 0 Å². The highest BCUT2D eigenvalue weighted by Crippen LogP contribution is 2.15. The molecule has 1 aliphatic rings. The lowest BCUT2D eigenvalue weighted by atomic mass is 10.2. The number of likely N-dealkylation sites (tertiary alicyclic amines) is 1. The first kappa shape index (κ1) is 11.5. The van der Waals surface area contributed by atoms with Gasteiger partial charge in [-0.1, -0.05) is 0 Å². The van der Waals surface area contributed by atoms with Gasteiger partial charge in [-0.25, -0.2) is 8.42 Å². The molecule has 0 aromatic heterocycles. The van der Waals surface area contributed by atoms with Crippen LogP contribution in [0.4, 0.5) is 0 Å². The predicted octanol–water partition coefficient (Wildman–Crippen LogP) is -1.02. The fourth-order valence-electron chi connectivity index (χ4n) is 1.62. The van der Waals surface area contributed by atoms with Crippen molar-refractivity contribution in [2.24, 2.45) is 5.73 Å². The van der Waals surface area contributed by atoms with Crippen LogP contribution in [0, 0.1) is 0 Å². The molecule has 1 amide bonds. The highest BCUT2D eigenvalue weighted by Gasteiger charge is 2.32. The van der Waals surface area contributed by atoms with Gasteiger partial charge in [-0.2, -0.15) is 0 Å². The normalized spacial score (nSPS) is 28.1. The maximum absolute atomic E-state index is 11.5. The van der Waals surface area contributed by atoms with E-state index in [1.165, 1.54) is 0 Å². The zero-order chi connectivity index (χ0) is 10.9. The van der Waals surface area contributed by atoms with Crippen LogP contribution in [0.25, 0.3) is 0 Å². The Bertz CT molecular complexity index is 325. The third-order valence-corrected chi connectivity index (χ3v) is 3.29. The molecular weight excluding hydrogens is 204 g/mol. The summed E-state index contributed by atoms with van der Waals surface area (Å²) in [6.45, 7) is 2.41. The molecule has 6 heteroatoms. The summed E-state index contributed by atoms with van der Waals surface area (Å²) in [4.78, 5) is 13.1. The molecule has 0 spiro atoms. The fraction of sp³-hybridized carbons (Fsp3) is 0.875. The minimum atomic E-state index is -3.23. The van der Waals surface area contributed by atoms with E-state index in [1.807, 2.05) is 6.92 Å². The topological polar surface area (TPSA) is 80.5 Å². The molecule has 0 bridgehead atoms. The zero-order valence-electron chi connectivity index (χ0n) is 8.43. The fourth-order valence-corrected chi connectivity index (χ4v) is 2.24. The second kappa shape index (κ2) is 3.86. The van der Waals surface area contributed by atoms with Crippen molar-refractivity contribution < 1.29 is 13.2 Å². The van der Waals surface area contributed by atoms with E-state index in [2.05, 4.69) is 0 Å². The van der Waals surface area contributed by atoms with E-state index < -0.39 is 15.6 Å². The van der Waals surface area contributed by atoms with Crippen LogP contribution < -0.4 is 5.73 Å². The molecule has 5 nitrogen and oxygen atoms in total. The number of rotatable bonds is 2. The van der Waals surface area contributed by atoms with E-state index in [0.717, 1.165) is 12.7 Å². The van der Waals surface area contributed by atoms with Gasteiger partial charge in [-0.05, 0) is 13.3 Å². The molecule has 0 saturated carbocycles. The molecule has 2 atom stereocenters. The average Bonchev–Trinajstić information content (AvgIpc) is 2.29.